The maximum absolute atomic E-state index is 9.18. The van der Waals surface area contributed by atoms with E-state index in [1.54, 1.807) is 11.1 Å². The van der Waals surface area contributed by atoms with Crippen LogP contribution in [-0.4, -0.2) is 0 Å². The van der Waals surface area contributed by atoms with Gasteiger partial charge in [0.05, 0.1) is 12.0 Å². The van der Waals surface area contributed by atoms with Gasteiger partial charge in [-0.05, 0) is 55.8 Å². The van der Waals surface area contributed by atoms with Crippen molar-refractivity contribution in [3.8, 4) is 6.07 Å². The molecule has 0 saturated heterocycles. The van der Waals surface area contributed by atoms with Crippen LogP contribution in [0.4, 0.5) is 0 Å². The van der Waals surface area contributed by atoms with Gasteiger partial charge >= 0.3 is 0 Å². The SMILES string of the molecule is N#CC1CCCC2=C1C1CC1C1CC21. The molecule has 72 valence electrons. The van der Waals surface area contributed by atoms with Crippen molar-refractivity contribution < 1.29 is 0 Å². The molecule has 0 aromatic carbocycles. The molecule has 0 spiro atoms. The second-order valence-electron chi connectivity index (χ2n) is 5.57. The lowest BCUT2D eigenvalue weighted by Gasteiger charge is -2.27. The van der Waals surface area contributed by atoms with Gasteiger partial charge in [-0.15, -0.1) is 0 Å². The summed E-state index contributed by atoms with van der Waals surface area (Å²) in [7, 11) is 0. The van der Waals surface area contributed by atoms with Crippen molar-refractivity contribution in [1.29, 1.82) is 5.26 Å². The molecule has 4 rings (SSSR count). The van der Waals surface area contributed by atoms with Crippen LogP contribution in [0.1, 0.15) is 32.1 Å². The highest BCUT2D eigenvalue weighted by Gasteiger charge is 2.61. The molecule has 5 atom stereocenters. The lowest BCUT2D eigenvalue weighted by atomic mass is 9.76. The molecular formula is C13H15N. The second-order valence-corrected chi connectivity index (χ2v) is 5.57. The van der Waals surface area contributed by atoms with Crippen LogP contribution in [0.5, 0.6) is 0 Å². The van der Waals surface area contributed by atoms with Gasteiger partial charge < -0.3 is 0 Å². The number of nitrogens with zero attached hydrogens (tertiary/aromatic N) is 1. The van der Waals surface area contributed by atoms with Crippen LogP contribution in [0.3, 0.4) is 0 Å². The Bertz CT molecular complexity index is 373. The largest absolute Gasteiger partial charge is 0.198 e. The van der Waals surface area contributed by atoms with E-state index in [9.17, 15) is 5.26 Å². The van der Waals surface area contributed by atoms with Crippen LogP contribution in [0, 0.1) is 40.9 Å². The topological polar surface area (TPSA) is 23.8 Å². The van der Waals surface area contributed by atoms with Gasteiger partial charge in [-0.3, -0.25) is 0 Å². The van der Waals surface area contributed by atoms with Crippen molar-refractivity contribution in [2.75, 3.05) is 0 Å². The maximum atomic E-state index is 9.18. The smallest absolute Gasteiger partial charge is 0.0700 e. The Morgan fingerprint density at radius 1 is 1.14 bits per heavy atom. The van der Waals surface area contributed by atoms with Crippen LogP contribution in [0.2, 0.25) is 0 Å². The number of fused-ring (bicyclic) bond motifs is 5. The van der Waals surface area contributed by atoms with Crippen LogP contribution in [0.25, 0.3) is 0 Å². The summed E-state index contributed by atoms with van der Waals surface area (Å²) in [6.07, 6.45) is 6.65. The first-order valence-electron chi connectivity index (χ1n) is 6.02. The summed E-state index contributed by atoms with van der Waals surface area (Å²) in [6, 6.07) is 2.54. The summed E-state index contributed by atoms with van der Waals surface area (Å²) in [5.41, 5.74) is 3.40. The summed E-state index contributed by atoms with van der Waals surface area (Å²) in [5, 5.41) is 9.18. The lowest BCUT2D eigenvalue weighted by molar-refractivity contribution is 0.480. The van der Waals surface area contributed by atoms with E-state index in [1.165, 1.54) is 25.7 Å². The lowest BCUT2D eigenvalue weighted by Crippen LogP contribution is -2.17. The van der Waals surface area contributed by atoms with Crippen molar-refractivity contribution in [2.24, 2.45) is 29.6 Å². The number of allylic oxidation sites excluding steroid dienone is 2. The highest BCUT2D eigenvalue weighted by atomic mass is 14.7. The normalized spacial score (nSPS) is 52.6. The summed E-state index contributed by atoms with van der Waals surface area (Å²) in [6.45, 7) is 0. The van der Waals surface area contributed by atoms with Gasteiger partial charge in [0.1, 0.15) is 0 Å². The summed E-state index contributed by atoms with van der Waals surface area (Å²) in [4.78, 5) is 0. The predicted molar refractivity (Wildman–Crippen MR) is 53.2 cm³/mol. The monoisotopic (exact) mass is 185 g/mol. The average Bonchev–Trinajstić information content (AvgIpc) is 3.06. The summed E-state index contributed by atoms with van der Waals surface area (Å²) >= 11 is 0. The van der Waals surface area contributed by atoms with Crippen LogP contribution in [0.15, 0.2) is 11.1 Å². The van der Waals surface area contributed by atoms with E-state index in [0.717, 1.165) is 30.1 Å². The first kappa shape index (κ1) is 7.51. The number of rotatable bonds is 0. The van der Waals surface area contributed by atoms with Crippen molar-refractivity contribution in [3.63, 3.8) is 0 Å². The zero-order valence-corrected chi connectivity index (χ0v) is 8.37. The molecule has 0 N–H and O–H groups in total. The Kier molecular flexibility index (Phi) is 1.20. The van der Waals surface area contributed by atoms with E-state index in [1.807, 2.05) is 0 Å². The molecule has 0 radical (unpaired) electrons. The number of nitriles is 1. The van der Waals surface area contributed by atoms with Gasteiger partial charge in [-0.2, -0.15) is 5.26 Å². The van der Waals surface area contributed by atoms with Gasteiger partial charge in [0.2, 0.25) is 0 Å². The Morgan fingerprint density at radius 3 is 2.79 bits per heavy atom. The molecule has 2 saturated carbocycles. The van der Waals surface area contributed by atoms with Crippen molar-refractivity contribution in [3.05, 3.63) is 11.1 Å². The van der Waals surface area contributed by atoms with Crippen LogP contribution < -0.4 is 0 Å². The Hall–Kier alpha value is -0.770. The third-order valence-electron chi connectivity index (χ3n) is 4.92. The second kappa shape index (κ2) is 2.24. The zero-order valence-electron chi connectivity index (χ0n) is 8.37. The average molecular weight is 185 g/mol. The molecule has 1 nitrogen and oxygen atoms in total. The van der Waals surface area contributed by atoms with Crippen molar-refractivity contribution in [1.82, 2.24) is 0 Å². The first-order chi connectivity index (χ1) is 6.90. The van der Waals surface area contributed by atoms with E-state index < -0.39 is 0 Å². The first-order valence-corrected chi connectivity index (χ1v) is 6.02. The van der Waals surface area contributed by atoms with Crippen LogP contribution >= 0.6 is 0 Å². The fourth-order valence-electron chi connectivity index (χ4n) is 4.18. The molecule has 0 aliphatic heterocycles. The molecule has 1 heteroatoms. The van der Waals surface area contributed by atoms with Crippen LogP contribution in [-0.2, 0) is 0 Å². The van der Waals surface area contributed by atoms with Gasteiger partial charge in [0.15, 0.2) is 0 Å². The third-order valence-corrected chi connectivity index (χ3v) is 4.92. The van der Waals surface area contributed by atoms with E-state index in [4.69, 9.17) is 0 Å². The molecule has 4 aliphatic carbocycles. The van der Waals surface area contributed by atoms with E-state index >= 15 is 0 Å². The predicted octanol–water partition coefficient (Wildman–Crippen LogP) is 2.89. The summed E-state index contributed by atoms with van der Waals surface area (Å²) in [5.74, 6) is 4.22. The Morgan fingerprint density at radius 2 is 1.93 bits per heavy atom. The zero-order chi connectivity index (χ0) is 9.28. The minimum atomic E-state index is 0.315. The maximum Gasteiger partial charge on any atom is 0.0700 e. The quantitative estimate of drug-likeness (QED) is 0.532. The van der Waals surface area contributed by atoms with E-state index in [0.29, 0.717) is 5.92 Å². The molecule has 0 amide bonds. The fraction of sp³-hybridized carbons (Fsp3) is 0.769. The molecule has 0 aromatic heterocycles. The molecule has 5 unspecified atom stereocenters. The molecule has 0 bridgehead atoms. The molecule has 0 aromatic rings. The van der Waals surface area contributed by atoms with Gasteiger partial charge in [0.25, 0.3) is 0 Å². The summed E-state index contributed by atoms with van der Waals surface area (Å²) < 4.78 is 0. The fourth-order valence-corrected chi connectivity index (χ4v) is 4.18. The highest BCUT2D eigenvalue weighted by molar-refractivity contribution is 5.40. The van der Waals surface area contributed by atoms with Crippen molar-refractivity contribution in [2.45, 2.75) is 32.1 Å². The van der Waals surface area contributed by atoms with Crippen molar-refractivity contribution >= 4 is 0 Å². The van der Waals surface area contributed by atoms with E-state index in [2.05, 4.69) is 6.07 Å². The molecule has 2 fully saturated rings. The van der Waals surface area contributed by atoms with Gasteiger partial charge in [-0.25, -0.2) is 0 Å². The minimum Gasteiger partial charge on any atom is -0.198 e. The van der Waals surface area contributed by atoms with Gasteiger partial charge in [0, 0.05) is 0 Å². The third kappa shape index (κ3) is 0.764. The molecule has 4 aliphatic rings. The molecule has 14 heavy (non-hydrogen) atoms. The molecule has 0 heterocycles. The van der Waals surface area contributed by atoms with Gasteiger partial charge in [-0.1, -0.05) is 11.1 Å². The Balaban J connectivity index is 1.83. The van der Waals surface area contributed by atoms with E-state index in [-0.39, 0.29) is 0 Å². The molecular weight excluding hydrogens is 170 g/mol. The number of hydrogen-bond acceptors (Lipinski definition) is 1. The Labute approximate surface area is 84.8 Å². The highest BCUT2D eigenvalue weighted by Crippen LogP contribution is 2.69. The minimum absolute atomic E-state index is 0.315. The number of hydrogen-bond donors (Lipinski definition) is 0. The standard InChI is InChI=1S/C13H15N/c14-6-7-2-1-3-8-9-4-10(9)11-5-12(11)13(7)8/h7,9-12H,1-5H2.